The third kappa shape index (κ3) is 14.2. The SMILES string of the molecule is CO[C@H]1/C=C\C=C(/C)C(=O)NC2=CC(=O)C(NCCCCCCNC(=O)/C=C/c3ccccc3)=C(C[C@H](C)C[C@H](OC)[C@@H](O)[C@H](C)/C=C(\C)[C@@H]1OC(N)=O)C2=O. The molecule has 1 aliphatic heterocycles. The number of nitrogens with one attached hydrogen (secondary N) is 3. The summed E-state index contributed by atoms with van der Waals surface area (Å²) in [6.45, 7) is 7.98. The van der Waals surface area contributed by atoms with Crippen molar-refractivity contribution in [1.29, 1.82) is 0 Å². The van der Waals surface area contributed by atoms with Crippen molar-refractivity contribution in [2.45, 2.75) is 90.6 Å². The van der Waals surface area contributed by atoms with Gasteiger partial charge in [0.15, 0.2) is 6.10 Å². The molecule has 0 radical (unpaired) electrons. The Bertz CT molecular complexity index is 1730. The summed E-state index contributed by atoms with van der Waals surface area (Å²) < 4.78 is 16.7. The molecular weight excluding hydrogens is 716 g/mol. The van der Waals surface area contributed by atoms with Crippen LogP contribution in [0.25, 0.3) is 6.08 Å². The van der Waals surface area contributed by atoms with Crippen molar-refractivity contribution in [3.8, 4) is 0 Å². The van der Waals surface area contributed by atoms with Crippen molar-refractivity contribution in [3.05, 3.63) is 100 Å². The fraction of sp³-hybridized carbons (Fsp3) is 0.465. The zero-order valence-corrected chi connectivity index (χ0v) is 33.3. The maximum absolute atomic E-state index is 14.0. The van der Waals surface area contributed by atoms with Crippen LogP contribution >= 0.6 is 0 Å². The van der Waals surface area contributed by atoms with E-state index < -0.39 is 53.9 Å². The molecule has 1 aromatic rings. The highest BCUT2D eigenvalue weighted by Gasteiger charge is 2.33. The normalized spacial score (nSPS) is 26.7. The van der Waals surface area contributed by atoms with Gasteiger partial charge in [-0.3, -0.25) is 19.2 Å². The molecule has 13 nitrogen and oxygen atoms in total. The van der Waals surface area contributed by atoms with Crippen LogP contribution in [0.2, 0.25) is 0 Å². The molecule has 304 valence electrons. The highest BCUT2D eigenvalue weighted by molar-refractivity contribution is 6.23. The molecule has 0 saturated carbocycles. The maximum atomic E-state index is 14.0. The van der Waals surface area contributed by atoms with Gasteiger partial charge in [-0.15, -0.1) is 0 Å². The minimum atomic E-state index is -1.01. The van der Waals surface area contributed by atoms with Gasteiger partial charge in [0, 0.05) is 56.5 Å². The zero-order valence-electron chi connectivity index (χ0n) is 33.3. The number of ether oxygens (including phenoxy) is 3. The lowest BCUT2D eigenvalue weighted by Gasteiger charge is -2.30. The number of fused-ring (bicyclic) bond motifs is 2. The van der Waals surface area contributed by atoms with Crippen molar-refractivity contribution in [1.82, 2.24) is 16.0 Å². The molecule has 1 aromatic carbocycles. The van der Waals surface area contributed by atoms with Gasteiger partial charge >= 0.3 is 6.09 Å². The molecular formula is C43H58N4O9. The summed E-state index contributed by atoms with van der Waals surface area (Å²) >= 11 is 0. The molecule has 2 aliphatic rings. The first kappa shape index (κ1) is 45.3. The molecule has 3 amide bonds. The number of carbonyl (C=O) groups is 5. The Hall–Kier alpha value is -5.11. The molecule has 0 spiro atoms. The smallest absolute Gasteiger partial charge is 0.405 e. The van der Waals surface area contributed by atoms with Crippen LogP contribution in [0.3, 0.4) is 0 Å². The van der Waals surface area contributed by atoms with Crippen molar-refractivity contribution in [3.63, 3.8) is 0 Å². The van der Waals surface area contributed by atoms with Crippen LogP contribution in [0.15, 0.2) is 94.9 Å². The Morgan fingerprint density at radius 2 is 1.70 bits per heavy atom. The molecule has 56 heavy (non-hydrogen) atoms. The lowest BCUT2D eigenvalue weighted by molar-refractivity contribution is -0.120. The van der Waals surface area contributed by atoms with Gasteiger partial charge in [0.05, 0.1) is 23.6 Å². The summed E-state index contributed by atoms with van der Waals surface area (Å²) in [6.07, 6.45) is 10.2. The lowest BCUT2D eigenvalue weighted by atomic mass is 9.85. The highest BCUT2D eigenvalue weighted by atomic mass is 16.6. The number of allylic oxidation sites excluding steroid dienone is 4. The van der Waals surface area contributed by atoms with Gasteiger partial charge < -0.3 is 41.0 Å². The van der Waals surface area contributed by atoms with Gasteiger partial charge in [-0.1, -0.05) is 81.3 Å². The van der Waals surface area contributed by atoms with Crippen molar-refractivity contribution in [2.24, 2.45) is 17.6 Å². The van der Waals surface area contributed by atoms with Crippen molar-refractivity contribution < 1.29 is 43.3 Å². The van der Waals surface area contributed by atoms with E-state index in [0.717, 1.165) is 37.3 Å². The fourth-order valence-corrected chi connectivity index (χ4v) is 6.60. The molecule has 2 bridgehead atoms. The van der Waals surface area contributed by atoms with Crippen LogP contribution in [-0.4, -0.2) is 86.3 Å². The monoisotopic (exact) mass is 774 g/mol. The van der Waals surface area contributed by atoms with Crippen LogP contribution < -0.4 is 21.7 Å². The molecule has 1 aliphatic carbocycles. The Labute approximate surface area is 330 Å². The number of carbonyl (C=O) groups excluding carboxylic acids is 5. The number of hydrogen-bond acceptors (Lipinski definition) is 10. The minimum absolute atomic E-state index is 0.135. The molecule has 0 fully saturated rings. The van der Waals surface area contributed by atoms with Crippen LogP contribution in [0.1, 0.15) is 71.8 Å². The molecule has 13 heteroatoms. The summed E-state index contributed by atoms with van der Waals surface area (Å²) in [6, 6.07) is 9.59. The lowest BCUT2D eigenvalue weighted by Crippen LogP contribution is -2.38. The van der Waals surface area contributed by atoms with Gasteiger partial charge in [0.1, 0.15) is 6.10 Å². The van der Waals surface area contributed by atoms with Gasteiger partial charge in [-0.25, -0.2) is 4.79 Å². The molecule has 6 atom stereocenters. The van der Waals surface area contributed by atoms with Crippen LogP contribution in [0.5, 0.6) is 0 Å². The summed E-state index contributed by atoms with van der Waals surface area (Å²) in [7, 11) is 2.93. The number of hydrogen-bond donors (Lipinski definition) is 5. The molecule has 0 aromatic heterocycles. The standard InChI is InChI=1S/C43H58N4O9/c1-27-23-32-38(46-22-13-8-7-12-21-45-37(49)20-19-31-16-10-9-11-17-31)34(48)26-33(40(32)51)47-42(52)28(2)15-14-18-35(54-5)41(56-43(44)53)30(4)25-29(3)39(50)36(24-27)55-6/h9-11,14-20,25-27,29,35-36,39,41,46,50H,7-8,12-13,21-24H2,1-6H3,(H2,44,53)(H,45,49)(H,47,52)/b18-14-,20-19+,28-15+,30-25+/t27-,29+,35-,36-,39-,41-/m0/s1. The van der Waals surface area contributed by atoms with E-state index in [0.29, 0.717) is 25.1 Å². The van der Waals surface area contributed by atoms with Crippen molar-refractivity contribution >= 4 is 35.6 Å². The summed E-state index contributed by atoms with van der Waals surface area (Å²) in [5, 5.41) is 20.1. The molecule has 1 heterocycles. The Kier molecular flexibility index (Phi) is 18.7. The number of rotatable bonds is 13. The predicted octanol–water partition coefficient (Wildman–Crippen LogP) is 4.74. The van der Waals surface area contributed by atoms with Crippen LogP contribution in [0, 0.1) is 11.8 Å². The highest BCUT2D eigenvalue weighted by Crippen LogP contribution is 2.29. The van der Waals surface area contributed by atoms with Gasteiger partial charge in [0.25, 0.3) is 5.91 Å². The van der Waals surface area contributed by atoms with Gasteiger partial charge in [-0.05, 0) is 62.7 Å². The van der Waals surface area contributed by atoms with Crippen molar-refractivity contribution in [2.75, 3.05) is 27.3 Å². The quantitative estimate of drug-likeness (QED) is 0.0809. The number of benzene rings is 1. The Morgan fingerprint density at radius 3 is 2.36 bits per heavy atom. The number of unbranched alkanes of at least 4 members (excludes halogenated alkanes) is 3. The average molecular weight is 775 g/mol. The van der Waals surface area contributed by atoms with E-state index >= 15 is 0 Å². The second-order valence-corrected chi connectivity index (χ2v) is 14.3. The number of methoxy groups -OCH3 is 2. The number of primary amides is 1. The number of nitrogens with two attached hydrogens (primary N) is 1. The number of ketones is 2. The van der Waals surface area contributed by atoms with E-state index in [4.69, 9.17) is 19.9 Å². The Balaban J connectivity index is 1.76. The van der Waals surface area contributed by atoms with E-state index in [-0.39, 0.29) is 40.8 Å². The Morgan fingerprint density at radius 1 is 1.00 bits per heavy atom. The van der Waals surface area contributed by atoms with Crippen LogP contribution in [-0.2, 0) is 33.4 Å². The third-order valence-corrected chi connectivity index (χ3v) is 9.72. The first-order chi connectivity index (χ1) is 26.7. The van der Waals surface area contributed by atoms with E-state index in [1.807, 2.05) is 37.3 Å². The van der Waals surface area contributed by atoms with Crippen LogP contribution in [0.4, 0.5) is 4.79 Å². The molecule has 3 rings (SSSR count). The van der Waals surface area contributed by atoms with Gasteiger partial charge in [-0.2, -0.15) is 0 Å². The third-order valence-electron chi connectivity index (χ3n) is 9.72. The second-order valence-electron chi connectivity index (χ2n) is 14.3. The second kappa shape index (κ2) is 23.1. The predicted molar refractivity (Wildman–Crippen MR) is 214 cm³/mol. The number of amides is 3. The molecule has 0 saturated heterocycles. The summed E-state index contributed by atoms with van der Waals surface area (Å²) in [5.41, 5.74) is 7.45. The summed E-state index contributed by atoms with van der Waals surface area (Å²) in [4.78, 5) is 64.7. The number of Topliss-reactive ketones (excluding diaryl/α,β-unsaturated/α-hetero) is 1. The van der Waals surface area contributed by atoms with E-state index in [2.05, 4.69) is 16.0 Å². The number of aliphatic hydroxyl groups excluding tert-OH is 1. The largest absolute Gasteiger partial charge is 0.439 e. The molecule has 6 N–H and O–H groups in total. The van der Waals surface area contributed by atoms with E-state index in [9.17, 15) is 29.1 Å². The number of aliphatic hydroxyl groups is 1. The van der Waals surface area contributed by atoms with E-state index in [1.54, 1.807) is 45.1 Å². The van der Waals surface area contributed by atoms with E-state index in [1.165, 1.54) is 26.4 Å². The summed E-state index contributed by atoms with van der Waals surface area (Å²) in [5.74, 6) is -2.34. The minimum Gasteiger partial charge on any atom is -0.439 e. The van der Waals surface area contributed by atoms with Gasteiger partial charge in [0.2, 0.25) is 17.5 Å². The fourth-order valence-electron chi connectivity index (χ4n) is 6.60. The first-order valence-corrected chi connectivity index (χ1v) is 19.1. The zero-order chi connectivity index (χ0) is 41.2. The molecule has 0 unspecified atom stereocenters. The maximum Gasteiger partial charge on any atom is 0.405 e. The topological polar surface area (TPSA) is 195 Å². The average Bonchev–Trinajstić information content (AvgIpc) is 3.17. The first-order valence-electron chi connectivity index (χ1n) is 19.1.